The molecular formula is C15H32N2. The smallest absolute Gasteiger partial charge is 0.0304 e. The van der Waals surface area contributed by atoms with Crippen LogP contribution in [0.3, 0.4) is 0 Å². The van der Waals surface area contributed by atoms with Crippen molar-refractivity contribution in [3.8, 4) is 0 Å². The first-order valence-corrected chi connectivity index (χ1v) is 7.45. The Hall–Kier alpha value is -0.0800. The van der Waals surface area contributed by atoms with Crippen molar-refractivity contribution < 1.29 is 0 Å². The number of hydrogen-bond donors (Lipinski definition) is 1. The average Bonchev–Trinajstić information content (AvgIpc) is 2.29. The van der Waals surface area contributed by atoms with Crippen LogP contribution in [0.5, 0.6) is 0 Å². The van der Waals surface area contributed by atoms with Crippen LogP contribution in [-0.2, 0) is 0 Å². The SMILES string of the molecule is CC(C)CCCC(N)C(C)(C)N1CCCCC1. The number of rotatable bonds is 6. The Kier molecular flexibility index (Phi) is 5.94. The molecule has 2 nitrogen and oxygen atoms in total. The Bertz CT molecular complexity index is 205. The van der Waals surface area contributed by atoms with Gasteiger partial charge in [-0.2, -0.15) is 0 Å². The lowest BCUT2D eigenvalue weighted by atomic mass is 9.87. The zero-order valence-electron chi connectivity index (χ0n) is 12.3. The maximum atomic E-state index is 6.43. The highest BCUT2D eigenvalue weighted by molar-refractivity contribution is 4.92. The van der Waals surface area contributed by atoms with E-state index in [0.29, 0.717) is 6.04 Å². The first kappa shape index (κ1) is 15.0. The second kappa shape index (κ2) is 6.75. The predicted octanol–water partition coefficient (Wildman–Crippen LogP) is 3.40. The Labute approximate surface area is 108 Å². The van der Waals surface area contributed by atoms with Crippen molar-refractivity contribution in [1.29, 1.82) is 0 Å². The minimum absolute atomic E-state index is 0.178. The van der Waals surface area contributed by atoms with Crippen LogP contribution in [0.25, 0.3) is 0 Å². The molecule has 2 N–H and O–H groups in total. The van der Waals surface area contributed by atoms with Gasteiger partial charge >= 0.3 is 0 Å². The number of hydrogen-bond acceptors (Lipinski definition) is 2. The number of likely N-dealkylation sites (tertiary alicyclic amines) is 1. The molecule has 2 heteroatoms. The van der Waals surface area contributed by atoms with Crippen molar-refractivity contribution in [3.63, 3.8) is 0 Å². The van der Waals surface area contributed by atoms with E-state index in [1.807, 2.05) is 0 Å². The Morgan fingerprint density at radius 3 is 2.18 bits per heavy atom. The summed E-state index contributed by atoms with van der Waals surface area (Å²) in [5.41, 5.74) is 6.60. The molecule has 0 amide bonds. The van der Waals surface area contributed by atoms with E-state index in [-0.39, 0.29) is 5.54 Å². The summed E-state index contributed by atoms with van der Waals surface area (Å²) in [6.07, 6.45) is 7.85. The predicted molar refractivity (Wildman–Crippen MR) is 76.2 cm³/mol. The third-order valence-corrected chi connectivity index (χ3v) is 4.38. The lowest BCUT2D eigenvalue weighted by molar-refractivity contribution is 0.0696. The molecule has 0 spiro atoms. The van der Waals surface area contributed by atoms with E-state index >= 15 is 0 Å². The third kappa shape index (κ3) is 4.59. The molecule has 1 unspecified atom stereocenters. The van der Waals surface area contributed by atoms with Gasteiger partial charge in [-0.15, -0.1) is 0 Å². The molecule has 1 fully saturated rings. The summed E-state index contributed by atoms with van der Waals surface area (Å²) in [6.45, 7) is 11.7. The monoisotopic (exact) mass is 240 g/mol. The lowest BCUT2D eigenvalue weighted by Crippen LogP contribution is -2.57. The zero-order valence-corrected chi connectivity index (χ0v) is 12.3. The van der Waals surface area contributed by atoms with Crippen molar-refractivity contribution in [2.75, 3.05) is 13.1 Å². The van der Waals surface area contributed by atoms with Gasteiger partial charge in [0.25, 0.3) is 0 Å². The normalized spacial score (nSPS) is 20.8. The van der Waals surface area contributed by atoms with E-state index in [9.17, 15) is 0 Å². The lowest BCUT2D eigenvalue weighted by Gasteiger charge is -2.44. The summed E-state index contributed by atoms with van der Waals surface area (Å²) in [7, 11) is 0. The Morgan fingerprint density at radius 2 is 1.65 bits per heavy atom. The van der Waals surface area contributed by atoms with Crippen LogP contribution in [0.1, 0.15) is 66.2 Å². The Morgan fingerprint density at radius 1 is 1.06 bits per heavy atom. The standard InChI is InChI=1S/C15H32N2/c1-13(2)9-8-10-14(16)15(3,4)17-11-6-5-7-12-17/h13-14H,5-12,16H2,1-4H3. The summed E-state index contributed by atoms with van der Waals surface area (Å²) in [5.74, 6) is 0.806. The molecule has 1 heterocycles. The summed E-state index contributed by atoms with van der Waals surface area (Å²) >= 11 is 0. The van der Waals surface area contributed by atoms with Crippen LogP contribution in [0, 0.1) is 5.92 Å². The number of nitrogens with zero attached hydrogens (tertiary/aromatic N) is 1. The van der Waals surface area contributed by atoms with E-state index in [0.717, 1.165) is 5.92 Å². The largest absolute Gasteiger partial charge is 0.326 e. The van der Waals surface area contributed by atoms with Crippen LogP contribution in [-0.4, -0.2) is 29.6 Å². The fraction of sp³-hybridized carbons (Fsp3) is 1.00. The van der Waals surface area contributed by atoms with Crippen molar-refractivity contribution >= 4 is 0 Å². The first-order valence-electron chi connectivity index (χ1n) is 7.45. The van der Waals surface area contributed by atoms with Gasteiger partial charge in [0.05, 0.1) is 0 Å². The maximum absolute atomic E-state index is 6.43. The molecular weight excluding hydrogens is 208 g/mol. The molecule has 1 saturated heterocycles. The van der Waals surface area contributed by atoms with Crippen LogP contribution >= 0.6 is 0 Å². The molecule has 0 aromatic rings. The van der Waals surface area contributed by atoms with Crippen LogP contribution in [0.15, 0.2) is 0 Å². The Balaban J connectivity index is 2.38. The van der Waals surface area contributed by atoms with Gasteiger partial charge in [0.2, 0.25) is 0 Å². The molecule has 0 aromatic carbocycles. The minimum atomic E-state index is 0.178. The number of nitrogens with two attached hydrogens (primary N) is 1. The number of piperidine rings is 1. The van der Waals surface area contributed by atoms with Gasteiger partial charge in [-0.25, -0.2) is 0 Å². The highest BCUT2D eigenvalue weighted by Gasteiger charge is 2.33. The van der Waals surface area contributed by atoms with Crippen molar-refractivity contribution in [3.05, 3.63) is 0 Å². The molecule has 1 aliphatic heterocycles. The van der Waals surface area contributed by atoms with Gasteiger partial charge in [0.15, 0.2) is 0 Å². The van der Waals surface area contributed by atoms with E-state index in [1.165, 1.54) is 51.6 Å². The van der Waals surface area contributed by atoms with Gasteiger partial charge in [0, 0.05) is 11.6 Å². The molecule has 102 valence electrons. The van der Waals surface area contributed by atoms with Crippen molar-refractivity contribution in [2.24, 2.45) is 11.7 Å². The molecule has 0 bridgehead atoms. The van der Waals surface area contributed by atoms with Gasteiger partial charge in [-0.1, -0.05) is 33.1 Å². The van der Waals surface area contributed by atoms with Gasteiger partial charge in [0.1, 0.15) is 0 Å². The van der Waals surface area contributed by atoms with Gasteiger partial charge in [-0.05, 0) is 52.1 Å². The fourth-order valence-corrected chi connectivity index (χ4v) is 2.80. The van der Waals surface area contributed by atoms with Crippen LogP contribution < -0.4 is 5.73 Å². The minimum Gasteiger partial charge on any atom is -0.326 e. The molecule has 1 aliphatic rings. The quantitative estimate of drug-likeness (QED) is 0.771. The van der Waals surface area contributed by atoms with E-state index in [4.69, 9.17) is 5.73 Å². The van der Waals surface area contributed by atoms with Crippen molar-refractivity contribution in [2.45, 2.75) is 77.8 Å². The molecule has 0 saturated carbocycles. The highest BCUT2D eigenvalue weighted by atomic mass is 15.2. The summed E-state index contributed by atoms with van der Waals surface area (Å²) in [4.78, 5) is 2.61. The molecule has 0 radical (unpaired) electrons. The van der Waals surface area contributed by atoms with Crippen molar-refractivity contribution in [1.82, 2.24) is 4.90 Å². The second-order valence-corrected chi connectivity index (χ2v) is 6.63. The van der Waals surface area contributed by atoms with E-state index in [1.54, 1.807) is 0 Å². The zero-order chi connectivity index (χ0) is 12.9. The molecule has 1 atom stereocenters. The molecule has 17 heavy (non-hydrogen) atoms. The van der Waals surface area contributed by atoms with Gasteiger partial charge < -0.3 is 5.73 Å². The first-order chi connectivity index (χ1) is 7.94. The highest BCUT2D eigenvalue weighted by Crippen LogP contribution is 2.25. The molecule has 0 aliphatic carbocycles. The van der Waals surface area contributed by atoms with Crippen LogP contribution in [0.2, 0.25) is 0 Å². The van der Waals surface area contributed by atoms with E-state index in [2.05, 4.69) is 32.6 Å². The summed E-state index contributed by atoms with van der Waals surface area (Å²) in [6, 6.07) is 0.319. The summed E-state index contributed by atoms with van der Waals surface area (Å²) in [5, 5.41) is 0. The topological polar surface area (TPSA) is 29.3 Å². The molecule has 0 aromatic heterocycles. The maximum Gasteiger partial charge on any atom is 0.0304 e. The molecule has 1 rings (SSSR count). The van der Waals surface area contributed by atoms with E-state index < -0.39 is 0 Å². The van der Waals surface area contributed by atoms with Crippen LogP contribution in [0.4, 0.5) is 0 Å². The summed E-state index contributed by atoms with van der Waals surface area (Å²) < 4.78 is 0. The fourth-order valence-electron chi connectivity index (χ4n) is 2.80. The second-order valence-electron chi connectivity index (χ2n) is 6.63. The third-order valence-electron chi connectivity index (χ3n) is 4.38. The average molecular weight is 240 g/mol. The van der Waals surface area contributed by atoms with Gasteiger partial charge in [-0.3, -0.25) is 4.90 Å².